The zero-order chi connectivity index (χ0) is 14.2. The molecule has 1 saturated heterocycles. The Kier molecular flexibility index (Phi) is 3.06. The third kappa shape index (κ3) is 2.44. The molecule has 1 unspecified atom stereocenters. The molecule has 0 radical (unpaired) electrons. The van der Waals surface area contributed by atoms with Crippen LogP contribution >= 0.6 is 0 Å². The summed E-state index contributed by atoms with van der Waals surface area (Å²) in [6.07, 6.45) is 0. The van der Waals surface area contributed by atoms with Crippen molar-refractivity contribution in [2.75, 3.05) is 6.61 Å². The van der Waals surface area contributed by atoms with E-state index in [-0.39, 0.29) is 11.2 Å². The van der Waals surface area contributed by atoms with Crippen LogP contribution in [-0.2, 0) is 4.74 Å². The minimum atomic E-state index is -0.318. The van der Waals surface area contributed by atoms with Gasteiger partial charge in [-0.05, 0) is 44.0 Å². The van der Waals surface area contributed by atoms with Crippen molar-refractivity contribution in [2.24, 2.45) is 0 Å². The van der Waals surface area contributed by atoms with Gasteiger partial charge in [0.15, 0.2) is 0 Å². The summed E-state index contributed by atoms with van der Waals surface area (Å²) >= 11 is 0. The quantitative estimate of drug-likeness (QED) is 0.771. The van der Waals surface area contributed by atoms with Crippen LogP contribution in [0.1, 0.15) is 20.8 Å². The highest BCUT2D eigenvalue weighted by Crippen LogP contribution is 2.40. The van der Waals surface area contributed by atoms with Crippen LogP contribution in [0.15, 0.2) is 54.6 Å². The molecule has 3 rings (SSSR count). The fourth-order valence-corrected chi connectivity index (χ4v) is 2.20. The van der Waals surface area contributed by atoms with Crippen LogP contribution in [0, 0.1) is 0 Å². The normalized spacial score (nSPS) is 21.6. The van der Waals surface area contributed by atoms with E-state index >= 15 is 0 Å². The highest BCUT2D eigenvalue weighted by Gasteiger charge is 2.54. The van der Waals surface area contributed by atoms with Crippen molar-refractivity contribution in [2.45, 2.75) is 32.0 Å². The highest BCUT2D eigenvalue weighted by atomic mass is 16.6. The summed E-state index contributed by atoms with van der Waals surface area (Å²) < 4.78 is 11.6. The molecular formula is C18H20O2. The summed E-state index contributed by atoms with van der Waals surface area (Å²) in [7, 11) is 0. The van der Waals surface area contributed by atoms with Crippen LogP contribution in [0.25, 0.3) is 11.1 Å². The maximum absolute atomic E-state index is 6.09. The van der Waals surface area contributed by atoms with Crippen LogP contribution in [0.4, 0.5) is 0 Å². The average molecular weight is 268 g/mol. The minimum Gasteiger partial charge on any atom is -0.485 e. The summed E-state index contributed by atoms with van der Waals surface area (Å²) in [5.74, 6) is 0.881. The van der Waals surface area contributed by atoms with Gasteiger partial charge in [-0.3, -0.25) is 0 Å². The Bertz CT molecular complexity index is 581. The minimum absolute atomic E-state index is 0.162. The smallest absolute Gasteiger partial charge is 0.134 e. The van der Waals surface area contributed by atoms with E-state index in [9.17, 15) is 0 Å². The van der Waals surface area contributed by atoms with E-state index in [1.165, 1.54) is 11.1 Å². The van der Waals surface area contributed by atoms with E-state index in [2.05, 4.69) is 45.0 Å². The predicted octanol–water partition coefficient (Wildman–Crippen LogP) is 4.30. The molecule has 2 nitrogen and oxygen atoms in total. The zero-order valence-electron chi connectivity index (χ0n) is 12.2. The molecule has 1 aliphatic heterocycles. The molecule has 2 aromatic rings. The molecule has 0 aromatic heterocycles. The van der Waals surface area contributed by atoms with Gasteiger partial charge in [0.05, 0.1) is 6.61 Å². The first kappa shape index (κ1) is 13.2. The number of rotatable bonds is 4. The Morgan fingerprint density at radius 2 is 1.50 bits per heavy atom. The van der Waals surface area contributed by atoms with E-state index in [1.807, 2.05) is 30.3 Å². The van der Waals surface area contributed by atoms with Gasteiger partial charge < -0.3 is 9.47 Å². The van der Waals surface area contributed by atoms with Gasteiger partial charge in [-0.1, -0.05) is 42.5 Å². The molecule has 1 heterocycles. The molecule has 0 N–H and O–H groups in total. The summed E-state index contributed by atoms with van der Waals surface area (Å²) in [6.45, 7) is 7.00. The van der Waals surface area contributed by atoms with Crippen LogP contribution in [0.5, 0.6) is 5.75 Å². The average Bonchev–Trinajstić information content (AvgIpc) is 3.20. The molecule has 0 spiro atoms. The lowest BCUT2D eigenvalue weighted by Gasteiger charge is -2.30. The maximum Gasteiger partial charge on any atom is 0.134 e. The number of hydrogen-bond acceptors (Lipinski definition) is 2. The summed E-state index contributed by atoms with van der Waals surface area (Å²) in [4.78, 5) is 0. The summed E-state index contributed by atoms with van der Waals surface area (Å²) in [6, 6.07) is 18.6. The summed E-state index contributed by atoms with van der Waals surface area (Å²) in [5, 5.41) is 0. The monoisotopic (exact) mass is 268 g/mol. The fraction of sp³-hybridized carbons (Fsp3) is 0.333. The Labute approximate surface area is 120 Å². The van der Waals surface area contributed by atoms with Crippen LogP contribution < -0.4 is 4.74 Å². The van der Waals surface area contributed by atoms with Crippen LogP contribution in [-0.4, -0.2) is 17.8 Å². The second-order valence-electron chi connectivity index (χ2n) is 6.02. The lowest BCUT2D eigenvalue weighted by atomic mass is 9.93. The molecule has 1 aliphatic rings. The van der Waals surface area contributed by atoms with Gasteiger partial charge in [0.25, 0.3) is 0 Å². The SMILES string of the molecule is CC(C)(Oc1ccc(-c2ccccc2)cc1)C1(C)CO1. The van der Waals surface area contributed by atoms with Gasteiger partial charge in [0.2, 0.25) is 0 Å². The highest BCUT2D eigenvalue weighted by molar-refractivity contribution is 5.63. The predicted molar refractivity (Wildman–Crippen MR) is 80.9 cm³/mol. The van der Waals surface area contributed by atoms with Crippen molar-refractivity contribution in [1.29, 1.82) is 0 Å². The molecular weight excluding hydrogens is 248 g/mol. The van der Waals surface area contributed by atoms with Crippen molar-refractivity contribution >= 4 is 0 Å². The van der Waals surface area contributed by atoms with Gasteiger partial charge >= 0.3 is 0 Å². The third-order valence-corrected chi connectivity index (χ3v) is 4.19. The van der Waals surface area contributed by atoms with Crippen molar-refractivity contribution in [3.63, 3.8) is 0 Å². The Hall–Kier alpha value is -1.80. The molecule has 104 valence electrons. The number of benzene rings is 2. The summed E-state index contributed by atoms with van der Waals surface area (Å²) in [5.41, 5.74) is 1.94. The first-order valence-corrected chi connectivity index (χ1v) is 6.99. The largest absolute Gasteiger partial charge is 0.485 e. The third-order valence-electron chi connectivity index (χ3n) is 4.19. The molecule has 20 heavy (non-hydrogen) atoms. The van der Waals surface area contributed by atoms with E-state index in [0.29, 0.717) is 0 Å². The Morgan fingerprint density at radius 1 is 0.950 bits per heavy atom. The van der Waals surface area contributed by atoms with E-state index in [4.69, 9.17) is 9.47 Å². The first-order chi connectivity index (χ1) is 9.50. The van der Waals surface area contributed by atoms with Gasteiger partial charge in [-0.15, -0.1) is 0 Å². The Balaban J connectivity index is 1.77. The molecule has 1 fully saturated rings. The van der Waals surface area contributed by atoms with Crippen LogP contribution in [0.2, 0.25) is 0 Å². The van der Waals surface area contributed by atoms with Crippen molar-refractivity contribution in [1.82, 2.24) is 0 Å². The first-order valence-electron chi connectivity index (χ1n) is 6.99. The number of ether oxygens (including phenoxy) is 2. The standard InChI is InChI=1S/C18H20O2/c1-17(2,18(3)13-19-18)20-16-11-9-15(10-12-16)14-7-5-4-6-8-14/h4-12H,13H2,1-3H3. The second-order valence-corrected chi connectivity index (χ2v) is 6.02. The van der Waals surface area contributed by atoms with Crippen molar-refractivity contribution in [3.8, 4) is 16.9 Å². The Morgan fingerprint density at radius 3 is 2.05 bits per heavy atom. The topological polar surface area (TPSA) is 21.8 Å². The number of hydrogen-bond donors (Lipinski definition) is 0. The molecule has 0 aliphatic carbocycles. The van der Waals surface area contributed by atoms with Gasteiger partial charge in [-0.25, -0.2) is 0 Å². The van der Waals surface area contributed by atoms with E-state index < -0.39 is 0 Å². The molecule has 1 atom stereocenters. The van der Waals surface area contributed by atoms with Gasteiger partial charge in [-0.2, -0.15) is 0 Å². The van der Waals surface area contributed by atoms with E-state index in [0.717, 1.165) is 12.4 Å². The zero-order valence-corrected chi connectivity index (χ0v) is 12.2. The fourth-order valence-electron chi connectivity index (χ4n) is 2.20. The number of epoxide rings is 1. The molecule has 2 heteroatoms. The molecule has 0 saturated carbocycles. The van der Waals surface area contributed by atoms with Crippen molar-refractivity contribution in [3.05, 3.63) is 54.6 Å². The lowest BCUT2D eigenvalue weighted by molar-refractivity contribution is 0.0268. The van der Waals surface area contributed by atoms with Gasteiger partial charge in [0.1, 0.15) is 17.0 Å². The van der Waals surface area contributed by atoms with Crippen molar-refractivity contribution < 1.29 is 9.47 Å². The molecule has 0 bridgehead atoms. The maximum atomic E-state index is 6.09. The lowest BCUT2D eigenvalue weighted by Crippen LogP contribution is -2.43. The van der Waals surface area contributed by atoms with Crippen LogP contribution in [0.3, 0.4) is 0 Å². The van der Waals surface area contributed by atoms with Gasteiger partial charge in [0, 0.05) is 0 Å². The molecule has 0 amide bonds. The second kappa shape index (κ2) is 4.64. The molecule has 2 aromatic carbocycles. The van der Waals surface area contributed by atoms with E-state index in [1.54, 1.807) is 0 Å².